The average molecular weight is 305 g/mol. The molecule has 0 aliphatic rings. The maximum absolute atomic E-state index is 11.2. The van der Waals surface area contributed by atoms with E-state index in [1.807, 2.05) is 30.3 Å². The smallest absolute Gasteiger partial charge is 0.330 e. The molecular weight excluding hydrogens is 292 g/mol. The zero-order valence-corrected chi connectivity index (χ0v) is 11.6. The number of carbonyl (C=O) groups is 1. The molecule has 0 atom stereocenters. The summed E-state index contributed by atoms with van der Waals surface area (Å²) < 4.78 is 5.89. The molecule has 0 aromatic heterocycles. The lowest BCUT2D eigenvalue weighted by Crippen LogP contribution is -1.98. The van der Waals surface area contributed by atoms with Crippen LogP contribution < -0.4 is 0 Å². The molecule has 18 heavy (non-hydrogen) atoms. The van der Waals surface area contributed by atoms with Crippen molar-refractivity contribution in [2.24, 2.45) is 0 Å². The minimum atomic E-state index is -0.312. The first-order valence-electron chi connectivity index (χ1n) is 5.73. The minimum absolute atomic E-state index is 0.312. The molecule has 0 unspecified atom stereocenters. The number of benzene rings is 2. The molecule has 0 aliphatic carbocycles. The Labute approximate surface area is 114 Å². The molecule has 0 heterocycles. The molecular formula is C15H13BrO2. The van der Waals surface area contributed by atoms with Crippen molar-refractivity contribution >= 4 is 38.7 Å². The van der Waals surface area contributed by atoms with Gasteiger partial charge in [0.05, 0.1) is 6.61 Å². The Morgan fingerprint density at radius 2 is 1.94 bits per heavy atom. The topological polar surface area (TPSA) is 26.3 Å². The van der Waals surface area contributed by atoms with E-state index in [9.17, 15) is 4.79 Å². The molecule has 3 heteroatoms. The number of esters is 1. The fourth-order valence-electron chi connectivity index (χ4n) is 1.69. The number of rotatable bonds is 3. The largest absolute Gasteiger partial charge is 0.463 e. The Morgan fingerprint density at radius 3 is 2.72 bits per heavy atom. The van der Waals surface area contributed by atoms with Crippen LogP contribution >= 0.6 is 15.9 Å². The summed E-state index contributed by atoms with van der Waals surface area (Å²) in [5, 5.41) is 2.31. The van der Waals surface area contributed by atoms with E-state index in [0.717, 1.165) is 20.8 Å². The first-order valence-corrected chi connectivity index (χ1v) is 6.52. The van der Waals surface area contributed by atoms with Crippen LogP contribution in [0.3, 0.4) is 0 Å². The van der Waals surface area contributed by atoms with E-state index >= 15 is 0 Å². The van der Waals surface area contributed by atoms with Crippen LogP contribution in [-0.4, -0.2) is 12.6 Å². The van der Waals surface area contributed by atoms with Crippen LogP contribution in [0.2, 0.25) is 0 Å². The molecule has 0 fully saturated rings. The van der Waals surface area contributed by atoms with Gasteiger partial charge in [-0.3, -0.25) is 0 Å². The molecule has 0 spiro atoms. The highest BCUT2D eigenvalue weighted by Crippen LogP contribution is 2.21. The summed E-state index contributed by atoms with van der Waals surface area (Å²) in [6, 6.07) is 12.2. The Balaban J connectivity index is 2.25. The van der Waals surface area contributed by atoms with E-state index in [0.29, 0.717) is 6.61 Å². The Hall–Kier alpha value is -1.61. The molecule has 0 bridgehead atoms. The SMILES string of the molecule is CCOC(=O)/C=C/c1ccc2cc(Br)ccc2c1. The van der Waals surface area contributed by atoms with Crippen molar-refractivity contribution in [2.75, 3.05) is 6.61 Å². The van der Waals surface area contributed by atoms with E-state index < -0.39 is 0 Å². The van der Waals surface area contributed by atoms with Gasteiger partial charge in [0.1, 0.15) is 0 Å². The molecule has 2 aromatic carbocycles. The fourth-order valence-corrected chi connectivity index (χ4v) is 2.07. The number of hydrogen-bond acceptors (Lipinski definition) is 2. The van der Waals surface area contributed by atoms with Gasteiger partial charge in [-0.2, -0.15) is 0 Å². The second-order valence-corrected chi connectivity index (χ2v) is 4.75. The average Bonchev–Trinajstić information content (AvgIpc) is 2.36. The van der Waals surface area contributed by atoms with Crippen LogP contribution in [0.1, 0.15) is 12.5 Å². The summed E-state index contributed by atoms with van der Waals surface area (Å²) >= 11 is 3.44. The van der Waals surface area contributed by atoms with Gasteiger partial charge in [-0.1, -0.05) is 34.1 Å². The standard InChI is InChI=1S/C15H13BrO2/c1-2-18-15(17)8-4-11-3-5-13-10-14(16)7-6-12(13)9-11/h3-10H,2H2,1H3/b8-4+. The zero-order valence-electron chi connectivity index (χ0n) is 10.0. The number of fused-ring (bicyclic) bond motifs is 1. The summed E-state index contributed by atoms with van der Waals surface area (Å²) in [4.78, 5) is 11.2. The maximum Gasteiger partial charge on any atom is 0.330 e. The van der Waals surface area contributed by atoms with E-state index in [2.05, 4.69) is 22.0 Å². The van der Waals surface area contributed by atoms with Gasteiger partial charge >= 0.3 is 5.97 Å². The van der Waals surface area contributed by atoms with Crippen LogP contribution in [0.5, 0.6) is 0 Å². The van der Waals surface area contributed by atoms with Crippen LogP contribution in [0, 0.1) is 0 Å². The van der Waals surface area contributed by atoms with Gasteiger partial charge in [0.2, 0.25) is 0 Å². The third-order valence-corrected chi connectivity index (χ3v) is 3.02. The van der Waals surface area contributed by atoms with Crippen LogP contribution in [0.4, 0.5) is 0 Å². The lowest BCUT2D eigenvalue weighted by molar-refractivity contribution is -0.137. The van der Waals surface area contributed by atoms with Crippen molar-refractivity contribution in [3.8, 4) is 0 Å². The van der Waals surface area contributed by atoms with Gasteiger partial charge in [0, 0.05) is 10.5 Å². The molecule has 0 aliphatic heterocycles. The molecule has 0 saturated heterocycles. The molecule has 92 valence electrons. The van der Waals surface area contributed by atoms with Crippen LogP contribution in [-0.2, 0) is 9.53 Å². The third-order valence-electron chi connectivity index (χ3n) is 2.52. The molecule has 0 saturated carbocycles. The van der Waals surface area contributed by atoms with E-state index in [1.165, 1.54) is 6.08 Å². The Morgan fingerprint density at radius 1 is 1.22 bits per heavy atom. The quantitative estimate of drug-likeness (QED) is 0.628. The summed E-state index contributed by atoms with van der Waals surface area (Å²) in [6.07, 6.45) is 3.21. The third kappa shape index (κ3) is 3.20. The monoisotopic (exact) mass is 304 g/mol. The van der Waals surface area contributed by atoms with E-state index in [-0.39, 0.29) is 5.97 Å². The highest BCUT2D eigenvalue weighted by molar-refractivity contribution is 9.10. The number of hydrogen-bond donors (Lipinski definition) is 0. The normalized spacial score (nSPS) is 11.0. The minimum Gasteiger partial charge on any atom is -0.463 e. The number of carbonyl (C=O) groups excluding carboxylic acids is 1. The molecule has 2 nitrogen and oxygen atoms in total. The predicted molar refractivity (Wildman–Crippen MR) is 77.3 cm³/mol. The van der Waals surface area contributed by atoms with Gasteiger partial charge < -0.3 is 4.74 Å². The van der Waals surface area contributed by atoms with E-state index in [4.69, 9.17) is 4.74 Å². The Kier molecular flexibility index (Phi) is 4.15. The highest BCUT2D eigenvalue weighted by Gasteiger charge is 1.97. The zero-order chi connectivity index (χ0) is 13.0. The van der Waals surface area contributed by atoms with Gasteiger partial charge in [-0.15, -0.1) is 0 Å². The number of ether oxygens (including phenoxy) is 1. The van der Waals surface area contributed by atoms with Crippen LogP contribution in [0.25, 0.3) is 16.8 Å². The van der Waals surface area contributed by atoms with Crippen molar-refractivity contribution in [1.29, 1.82) is 0 Å². The van der Waals surface area contributed by atoms with Crippen LogP contribution in [0.15, 0.2) is 46.9 Å². The van der Waals surface area contributed by atoms with Crippen molar-refractivity contribution in [3.63, 3.8) is 0 Å². The summed E-state index contributed by atoms with van der Waals surface area (Å²) in [5.41, 5.74) is 0.984. The second-order valence-electron chi connectivity index (χ2n) is 3.84. The molecule has 0 N–H and O–H groups in total. The molecule has 0 radical (unpaired) electrons. The highest BCUT2D eigenvalue weighted by atomic mass is 79.9. The predicted octanol–water partition coefficient (Wildman–Crippen LogP) is 4.18. The van der Waals surface area contributed by atoms with Gasteiger partial charge in [0.25, 0.3) is 0 Å². The lowest BCUT2D eigenvalue weighted by atomic mass is 10.1. The van der Waals surface area contributed by atoms with Gasteiger partial charge in [-0.05, 0) is 47.5 Å². The first-order chi connectivity index (χ1) is 8.69. The Bertz CT molecular complexity index is 602. The molecule has 2 rings (SSSR count). The summed E-state index contributed by atoms with van der Waals surface area (Å²) in [5.74, 6) is -0.312. The van der Waals surface area contributed by atoms with Crippen molar-refractivity contribution in [2.45, 2.75) is 6.92 Å². The summed E-state index contributed by atoms with van der Waals surface area (Å²) in [6.45, 7) is 2.19. The second kappa shape index (κ2) is 5.83. The fraction of sp³-hybridized carbons (Fsp3) is 0.133. The van der Waals surface area contributed by atoms with Crippen molar-refractivity contribution in [1.82, 2.24) is 0 Å². The lowest BCUT2D eigenvalue weighted by Gasteiger charge is -2.00. The van der Waals surface area contributed by atoms with Gasteiger partial charge in [0.15, 0.2) is 0 Å². The van der Waals surface area contributed by atoms with Crippen molar-refractivity contribution in [3.05, 3.63) is 52.5 Å². The number of halogens is 1. The first kappa shape index (κ1) is 12.8. The maximum atomic E-state index is 11.2. The molecule has 0 amide bonds. The van der Waals surface area contributed by atoms with Crippen molar-refractivity contribution < 1.29 is 9.53 Å². The van der Waals surface area contributed by atoms with E-state index in [1.54, 1.807) is 13.0 Å². The van der Waals surface area contributed by atoms with Gasteiger partial charge in [-0.25, -0.2) is 4.79 Å². The molecule has 2 aromatic rings. The summed E-state index contributed by atoms with van der Waals surface area (Å²) in [7, 11) is 0.